The maximum absolute atomic E-state index is 12.6. The normalized spacial score (nSPS) is 15.6. The highest BCUT2D eigenvalue weighted by Gasteiger charge is 2.28. The first-order valence-electron chi connectivity index (χ1n) is 13.4. The van der Waals surface area contributed by atoms with E-state index in [9.17, 15) is 4.79 Å². The Hall–Kier alpha value is -3.76. The van der Waals surface area contributed by atoms with Gasteiger partial charge in [0.1, 0.15) is 24.7 Å². The first kappa shape index (κ1) is 26.8. The van der Waals surface area contributed by atoms with Gasteiger partial charge in [-0.25, -0.2) is 19.7 Å². The zero-order valence-electron chi connectivity index (χ0n) is 22.8. The average Bonchev–Trinajstić information content (AvgIpc) is 3.57. The van der Waals surface area contributed by atoms with Gasteiger partial charge in [-0.2, -0.15) is 0 Å². The Morgan fingerprint density at radius 3 is 2.77 bits per heavy atom. The Morgan fingerprint density at radius 1 is 1.10 bits per heavy atom. The van der Waals surface area contributed by atoms with Gasteiger partial charge in [-0.15, -0.1) is 0 Å². The summed E-state index contributed by atoms with van der Waals surface area (Å²) < 4.78 is 13.4. The van der Waals surface area contributed by atoms with Crippen LogP contribution in [-0.4, -0.2) is 64.3 Å². The van der Waals surface area contributed by atoms with Gasteiger partial charge in [-0.1, -0.05) is 50.0 Å². The molecular weight excluding hydrogens is 508 g/mol. The summed E-state index contributed by atoms with van der Waals surface area (Å²) in [7, 11) is -1.12. The van der Waals surface area contributed by atoms with Crippen molar-refractivity contribution < 1.29 is 14.3 Å². The van der Waals surface area contributed by atoms with Crippen LogP contribution in [0.1, 0.15) is 12.0 Å². The van der Waals surface area contributed by atoms with Crippen molar-refractivity contribution >= 4 is 31.1 Å². The SMILES string of the molecule is C[Si](C)(C)CCOCn1ccc2nc(-c3cccnc3N[C@H]3CCN(C(=O)OCc4ccccc4)C3)cnc21. The Labute approximate surface area is 230 Å². The fraction of sp³-hybridized carbons (Fsp3) is 0.379. The molecule has 9 nitrogen and oxygen atoms in total. The molecular formula is C29H36N6O3Si. The lowest BCUT2D eigenvalue weighted by Gasteiger charge is -2.18. The van der Waals surface area contributed by atoms with Gasteiger partial charge in [-0.3, -0.25) is 0 Å². The molecule has 1 atom stereocenters. The third-order valence-electron chi connectivity index (χ3n) is 6.77. The third-order valence-corrected chi connectivity index (χ3v) is 8.47. The van der Waals surface area contributed by atoms with Crippen molar-refractivity contribution in [2.24, 2.45) is 0 Å². The summed E-state index contributed by atoms with van der Waals surface area (Å²) in [5.74, 6) is 0.727. The second-order valence-corrected chi connectivity index (χ2v) is 16.7. The van der Waals surface area contributed by atoms with Crippen molar-refractivity contribution in [3.05, 3.63) is 72.7 Å². The van der Waals surface area contributed by atoms with Crippen molar-refractivity contribution in [3.63, 3.8) is 0 Å². The minimum atomic E-state index is -1.12. The topological polar surface area (TPSA) is 94.4 Å². The van der Waals surface area contributed by atoms with E-state index < -0.39 is 8.07 Å². The number of carbonyl (C=O) groups is 1. The van der Waals surface area contributed by atoms with Gasteiger partial charge in [0.05, 0.1) is 11.9 Å². The van der Waals surface area contributed by atoms with Gasteiger partial charge >= 0.3 is 6.09 Å². The summed E-state index contributed by atoms with van der Waals surface area (Å²) >= 11 is 0. The van der Waals surface area contributed by atoms with Crippen LogP contribution in [0.3, 0.4) is 0 Å². The van der Waals surface area contributed by atoms with Gasteiger partial charge in [0.2, 0.25) is 0 Å². The van der Waals surface area contributed by atoms with Gasteiger partial charge < -0.3 is 24.3 Å². The molecule has 1 saturated heterocycles. The second kappa shape index (κ2) is 12.0. The molecule has 0 radical (unpaired) electrons. The number of rotatable bonds is 10. The fourth-order valence-corrected chi connectivity index (χ4v) is 5.27. The summed E-state index contributed by atoms with van der Waals surface area (Å²) in [5, 5.41) is 3.52. The summed E-state index contributed by atoms with van der Waals surface area (Å²) in [6.07, 6.45) is 6.02. The minimum absolute atomic E-state index is 0.0639. The molecule has 0 saturated carbocycles. The summed E-state index contributed by atoms with van der Waals surface area (Å²) in [6.45, 7) is 9.72. The predicted molar refractivity (Wildman–Crippen MR) is 155 cm³/mol. The molecule has 4 heterocycles. The molecule has 0 unspecified atom stereocenters. The van der Waals surface area contributed by atoms with E-state index in [2.05, 4.69) is 29.9 Å². The highest BCUT2D eigenvalue weighted by atomic mass is 28.3. The number of likely N-dealkylation sites (tertiary alicyclic amines) is 1. The molecule has 1 fully saturated rings. The van der Waals surface area contributed by atoms with E-state index in [0.29, 0.717) is 19.8 Å². The van der Waals surface area contributed by atoms with E-state index in [1.54, 1.807) is 17.3 Å². The monoisotopic (exact) mass is 544 g/mol. The second-order valence-electron chi connectivity index (χ2n) is 11.1. The maximum Gasteiger partial charge on any atom is 0.410 e. The number of hydrogen-bond donors (Lipinski definition) is 1. The number of nitrogens with zero attached hydrogens (tertiary/aromatic N) is 5. The zero-order chi connectivity index (χ0) is 27.2. The van der Waals surface area contributed by atoms with Crippen LogP contribution in [-0.2, 0) is 22.8 Å². The van der Waals surface area contributed by atoms with E-state index in [1.165, 1.54) is 0 Å². The Balaban J connectivity index is 1.21. The van der Waals surface area contributed by atoms with Crippen LogP contribution < -0.4 is 5.32 Å². The molecule has 39 heavy (non-hydrogen) atoms. The minimum Gasteiger partial charge on any atom is -0.445 e. The molecule has 1 aliphatic rings. The molecule has 1 amide bonds. The molecule has 4 aromatic rings. The van der Waals surface area contributed by atoms with Crippen LogP contribution in [0.25, 0.3) is 22.4 Å². The quantitative estimate of drug-likeness (QED) is 0.204. The lowest BCUT2D eigenvalue weighted by molar-refractivity contribution is 0.0899. The van der Waals surface area contributed by atoms with Crippen LogP contribution in [0.2, 0.25) is 25.7 Å². The van der Waals surface area contributed by atoms with Gasteiger partial charge in [0.15, 0.2) is 5.65 Å². The van der Waals surface area contributed by atoms with Crippen LogP contribution in [0, 0.1) is 0 Å². The molecule has 5 rings (SSSR count). The number of carbonyl (C=O) groups excluding carboxylic acids is 1. The largest absolute Gasteiger partial charge is 0.445 e. The average molecular weight is 545 g/mol. The van der Waals surface area contributed by atoms with Crippen LogP contribution in [0.15, 0.2) is 67.1 Å². The number of amides is 1. The third kappa shape index (κ3) is 7.01. The Morgan fingerprint density at radius 2 is 1.95 bits per heavy atom. The number of benzene rings is 1. The van der Waals surface area contributed by atoms with Crippen LogP contribution in [0.4, 0.5) is 10.6 Å². The summed E-state index contributed by atoms with van der Waals surface area (Å²) in [4.78, 5) is 28.5. The number of aromatic nitrogens is 4. The lowest BCUT2D eigenvalue weighted by atomic mass is 10.1. The van der Waals surface area contributed by atoms with E-state index >= 15 is 0 Å². The number of ether oxygens (including phenoxy) is 2. The van der Waals surface area contributed by atoms with Gasteiger partial charge in [-0.05, 0) is 36.2 Å². The fourth-order valence-electron chi connectivity index (χ4n) is 4.51. The van der Waals surface area contributed by atoms with Crippen molar-refractivity contribution in [1.29, 1.82) is 0 Å². The van der Waals surface area contributed by atoms with Crippen molar-refractivity contribution in [2.45, 2.75) is 51.5 Å². The molecule has 0 bridgehead atoms. The van der Waals surface area contributed by atoms with E-state index in [0.717, 1.165) is 52.9 Å². The molecule has 0 spiro atoms. The summed E-state index contributed by atoms with van der Waals surface area (Å²) in [5.41, 5.74) is 4.19. The van der Waals surface area contributed by atoms with Crippen molar-refractivity contribution in [2.75, 3.05) is 25.0 Å². The molecule has 1 N–H and O–H groups in total. The maximum atomic E-state index is 12.6. The highest BCUT2D eigenvalue weighted by molar-refractivity contribution is 6.76. The molecule has 10 heteroatoms. The van der Waals surface area contributed by atoms with E-state index in [4.69, 9.17) is 19.4 Å². The van der Waals surface area contributed by atoms with Gasteiger partial charge in [0.25, 0.3) is 0 Å². The lowest BCUT2D eigenvalue weighted by Crippen LogP contribution is -2.32. The highest BCUT2D eigenvalue weighted by Crippen LogP contribution is 2.27. The number of nitrogens with one attached hydrogen (secondary N) is 1. The van der Waals surface area contributed by atoms with Crippen LogP contribution >= 0.6 is 0 Å². The predicted octanol–water partition coefficient (Wildman–Crippen LogP) is 5.63. The van der Waals surface area contributed by atoms with E-state index in [1.807, 2.05) is 59.3 Å². The Kier molecular flexibility index (Phi) is 8.23. The Bertz CT molecular complexity index is 1410. The molecule has 1 aromatic carbocycles. The summed E-state index contributed by atoms with van der Waals surface area (Å²) in [6, 6.07) is 16.8. The van der Waals surface area contributed by atoms with Crippen molar-refractivity contribution in [1.82, 2.24) is 24.4 Å². The van der Waals surface area contributed by atoms with Gasteiger partial charge in [0, 0.05) is 51.8 Å². The van der Waals surface area contributed by atoms with Crippen LogP contribution in [0.5, 0.6) is 0 Å². The first-order chi connectivity index (χ1) is 18.9. The molecule has 0 aliphatic carbocycles. The zero-order valence-corrected chi connectivity index (χ0v) is 23.8. The molecule has 204 valence electrons. The number of anilines is 1. The number of hydrogen-bond acceptors (Lipinski definition) is 7. The molecule has 3 aromatic heterocycles. The smallest absolute Gasteiger partial charge is 0.410 e. The number of pyridine rings is 1. The number of fused-ring (bicyclic) bond motifs is 1. The molecule has 1 aliphatic heterocycles. The van der Waals surface area contributed by atoms with Crippen molar-refractivity contribution in [3.8, 4) is 11.3 Å². The first-order valence-corrected chi connectivity index (χ1v) is 17.1. The standard InChI is InChI=1S/C29H36N6O3Si/c1-39(2,3)17-16-37-21-35-15-12-25-28(35)31-18-26(33-25)24-10-7-13-30-27(24)32-23-11-14-34(19-23)29(36)38-20-22-8-5-4-6-9-22/h4-10,12-13,15,18,23H,11,14,16-17,19-21H2,1-3H3,(H,30,32)/t23-/m0/s1. The van der Waals surface area contributed by atoms with E-state index in [-0.39, 0.29) is 18.7 Å².